The number of nitrogens with zero attached hydrogens (tertiary/aromatic N) is 2. The van der Waals surface area contributed by atoms with Crippen molar-refractivity contribution < 1.29 is 56.4 Å². The highest BCUT2D eigenvalue weighted by molar-refractivity contribution is 7.52. The van der Waals surface area contributed by atoms with Crippen LogP contribution in [0.25, 0.3) is 0 Å². The summed E-state index contributed by atoms with van der Waals surface area (Å²) in [7, 11) is -3.30. The van der Waals surface area contributed by atoms with Crippen LogP contribution in [-0.2, 0) is 55.0 Å². The summed E-state index contributed by atoms with van der Waals surface area (Å²) in [6.45, 7) is 8.01. The van der Waals surface area contributed by atoms with Crippen molar-refractivity contribution in [3.8, 4) is 0 Å². The molecule has 0 spiro atoms. The average Bonchev–Trinajstić information content (AvgIpc) is 3.12. The van der Waals surface area contributed by atoms with Gasteiger partial charge in [0.15, 0.2) is 0 Å². The highest BCUT2D eigenvalue weighted by Gasteiger charge is 2.46. The first-order valence-electron chi connectivity index (χ1n) is 18.3. The van der Waals surface area contributed by atoms with Crippen LogP contribution < -0.4 is 5.73 Å². The summed E-state index contributed by atoms with van der Waals surface area (Å²) in [5.41, 5.74) is 8.71. The molecule has 0 heterocycles. The van der Waals surface area contributed by atoms with Gasteiger partial charge in [-0.1, -0.05) is 99.4 Å². The Kier molecular flexibility index (Phi) is 17.8. The van der Waals surface area contributed by atoms with E-state index in [1.807, 2.05) is 60.7 Å². The van der Waals surface area contributed by atoms with Crippen LogP contribution in [-0.4, -0.2) is 67.8 Å². The van der Waals surface area contributed by atoms with E-state index in [2.05, 4.69) is 4.76 Å². The third-order valence-electron chi connectivity index (χ3n) is 8.60. The number of nitrogens with two attached hydrogens (primary N) is 1. The molecule has 0 aliphatic heterocycles. The second kappa shape index (κ2) is 21.7. The van der Waals surface area contributed by atoms with Gasteiger partial charge in [-0.25, -0.2) is 28.0 Å². The van der Waals surface area contributed by atoms with Crippen molar-refractivity contribution in [2.45, 2.75) is 111 Å². The summed E-state index contributed by atoms with van der Waals surface area (Å²) in [6.07, 6.45) is 1.39. The fraction of sp³-hybridized carbons (Fsp3) is 0.579. The van der Waals surface area contributed by atoms with Crippen molar-refractivity contribution in [2.24, 2.45) is 22.3 Å². The predicted octanol–water partition coefficient (Wildman–Crippen LogP) is 8.24. The Morgan fingerprint density at radius 3 is 1.60 bits per heavy atom. The lowest BCUT2D eigenvalue weighted by atomic mass is 9.94. The summed E-state index contributed by atoms with van der Waals surface area (Å²) in [5.74, 6) is -2.18. The number of carbonyl (C=O) groups is 3. The number of benzene rings is 2. The van der Waals surface area contributed by atoms with Crippen molar-refractivity contribution in [1.29, 1.82) is 0 Å². The number of guanidine groups is 1. The van der Waals surface area contributed by atoms with Gasteiger partial charge in [-0.15, -0.1) is 4.76 Å². The van der Waals surface area contributed by atoms with E-state index in [9.17, 15) is 18.9 Å². The first-order chi connectivity index (χ1) is 25.2. The molecule has 0 radical (unpaired) electrons. The van der Waals surface area contributed by atoms with Gasteiger partial charge < -0.3 is 24.7 Å². The van der Waals surface area contributed by atoms with Crippen LogP contribution in [0.4, 0.5) is 9.59 Å². The minimum atomic E-state index is -4.85. The topological polar surface area (TPSA) is 171 Å². The van der Waals surface area contributed by atoms with Crippen LogP contribution in [0.5, 0.6) is 0 Å². The normalized spacial score (nSPS) is 17.2. The van der Waals surface area contributed by atoms with Crippen LogP contribution in [0.2, 0.25) is 0 Å². The quantitative estimate of drug-likeness (QED) is 0.0226. The van der Waals surface area contributed by atoms with E-state index in [0.29, 0.717) is 38.5 Å². The van der Waals surface area contributed by atoms with Crippen LogP contribution >= 0.6 is 7.75 Å². The molecule has 2 aromatic rings. The van der Waals surface area contributed by atoms with E-state index >= 15 is 0 Å². The molecule has 0 amide bonds. The maximum atomic E-state index is 14.7. The van der Waals surface area contributed by atoms with E-state index in [1.54, 1.807) is 34.7 Å². The first-order valence-corrected chi connectivity index (χ1v) is 19.8. The van der Waals surface area contributed by atoms with Gasteiger partial charge in [-0.2, -0.15) is 0 Å². The number of hydrogen-bond acceptors (Lipinski definition) is 11. The van der Waals surface area contributed by atoms with Gasteiger partial charge in [0.1, 0.15) is 13.1 Å². The van der Waals surface area contributed by atoms with Gasteiger partial charge in [0, 0.05) is 31.6 Å². The molecular formula is C38H57N3O11P+. The van der Waals surface area contributed by atoms with Gasteiger partial charge in [-0.3, -0.25) is 4.84 Å². The van der Waals surface area contributed by atoms with E-state index < -0.39 is 55.1 Å². The molecule has 1 saturated carbocycles. The second-order valence-corrected chi connectivity index (χ2v) is 15.4. The molecule has 1 fully saturated rings. The van der Waals surface area contributed by atoms with Crippen LogP contribution in [0, 0.1) is 11.8 Å². The smallest absolute Gasteiger partial charge is 0.434 e. The molecule has 0 aromatic heterocycles. The lowest BCUT2D eigenvalue weighted by Gasteiger charge is -2.37. The zero-order valence-electron chi connectivity index (χ0n) is 31.8. The fourth-order valence-corrected chi connectivity index (χ4v) is 7.34. The third-order valence-corrected chi connectivity index (χ3v) is 10.0. The number of ether oxygens (including phenoxy) is 4. The van der Waals surface area contributed by atoms with Crippen molar-refractivity contribution in [1.82, 2.24) is 0 Å². The largest absolute Gasteiger partial charge is 0.510 e. The third kappa shape index (κ3) is 15.1. The van der Waals surface area contributed by atoms with E-state index in [-0.39, 0.29) is 25.2 Å². The van der Waals surface area contributed by atoms with Gasteiger partial charge in [0.05, 0.1) is 13.2 Å². The zero-order chi connectivity index (χ0) is 38.9. The monoisotopic (exact) mass is 762 g/mol. The Morgan fingerprint density at radius 2 is 1.21 bits per heavy atom. The molecule has 0 bridgehead atoms. The number of hydroxylamine groups is 3. The van der Waals surface area contributed by atoms with Crippen molar-refractivity contribution in [2.75, 3.05) is 20.3 Å². The van der Waals surface area contributed by atoms with Gasteiger partial charge in [0.2, 0.25) is 12.6 Å². The number of carbonyl (C=O) groups excluding carboxylic acids is 3. The molecule has 294 valence electrons. The highest BCUT2D eigenvalue weighted by atomic mass is 31.2. The Morgan fingerprint density at radius 1 is 0.774 bits per heavy atom. The molecule has 1 aliphatic carbocycles. The highest BCUT2D eigenvalue weighted by Crippen LogP contribution is 2.54. The molecule has 53 heavy (non-hydrogen) atoms. The second-order valence-electron chi connectivity index (χ2n) is 13.8. The van der Waals surface area contributed by atoms with Gasteiger partial charge in [-0.05, 0) is 49.7 Å². The van der Waals surface area contributed by atoms with Crippen molar-refractivity contribution in [3.63, 3.8) is 0 Å². The van der Waals surface area contributed by atoms with Crippen LogP contribution in [0.1, 0.15) is 90.7 Å². The van der Waals surface area contributed by atoms with Crippen molar-refractivity contribution >= 4 is 32.0 Å². The average molecular weight is 763 g/mol. The molecule has 3 rings (SSSR count). The summed E-state index contributed by atoms with van der Waals surface area (Å²) in [4.78, 5) is 43.6. The van der Waals surface area contributed by atoms with E-state index in [1.165, 1.54) is 6.92 Å². The fourth-order valence-electron chi connectivity index (χ4n) is 5.67. The number of hydrogen-bond donors (Lipinski definition) is 1. The van der Waals surface area contributed by atoms with Gasteiger partial charge >= 0.3 is 32.0 Å². The van der Waals surface area contributed by atoms with Crippen LogP contribution in [0.3, 0.4) is 0 Å². The summed E-state index contributed by atoms with van der Waals surface area (Å²) >= 11 is 0. The van der Waals surface area contributed by atoms with E-state index in [0.717, 1.165) is 30.4 Å². The lowest BCUT2D eigenvalue weighted by Crippen LogP contribution is -2.60. The summed E-state index contributed by atoms with van der Waals surface area (Å²) in [6, 6.07) is 19.2. The molecule has 0 saturated heterocycles. The molecule has 3 atom stereocenters. The van der Waals surface area contributed by atoms with Crippen molar-refractivity contribution in [3.05, 3.63) is 71.8 Å². The number of rotatable bonds is 18. The Labute approximate surface area is 313 Å². The van der Waals surface area contributed by atoms with Crippen LogP contribution in [0.15, 0.2) is 65.4 Å². The molecule has 3 unspecified atom stereocenters. The minimum Gasteiger partial charge on any atom is -0.434 e. The number of aryl methyl sites for hydroxylation is 2. The SMILES string of the molecule is CC(=O)O[N+](C)(C(N)=NP(=O)(OC(OC(=O)OCCCc1ccccc1)C(C)C)OC(OC(=O)OCCCc1ccccc1)C(C)C)C1CCCCC1. The Bertz CT molecular complexity index is 1420. The lowest BCUT2D eigenvalue weighted by molar-refractivity contribution is -1.02. The molecule has 1 aliphatic rings. The van der Waals surface area contributed by atoms with Gasteiger partial charge in [0.25, 0.3) is 0 Å². The number of quaternary nitrogens is 1. The maximum Gasteiger partial charge on any atom is 0.510 e. The standard InChI is InChI=1S/C38H57N3O11P/c1-28(2)34(48-37(43)46-26-16-22-31-18-10-7-11-19-31)51-53(45,40-36(39)41(6,50-30(5)42)33-24-14-9-15-25-33)52-35(29(3)4)49-38(44)47-27-17-23-32-20-12-8-13-21-32/h7-8,10-13,18-21,28-29,33-35H,9,14-17,22-27H2,1-6H3,(H2,39,40,45)/q+1. The Hall–Kier alpha value is -3.97. The molecule has 2 N–H and O–H groups in total. The molecule has 2 aromatic carbocycles. The molecule has 15 heteroatoms. The summed E-state index contributed by atoms with van der Waals surface area (Å²) < 4.78 is 51.6. The molecular weight excluding hydrogens is 705 g/mol. The Balaban J connectivity index is 1.81. The summed E-state index contributed by atoms with van der Waals surface area (Å²) in [5, 5.41) is 0. The minimum absolute atomic E-state index is 0.0636. The predicted molar refractivity (Wildman–Crippen MR) is 198 cm³/mol. The maximum absolute atomic E-state index is 14.7. The molecule has 14 nitrogen and oxygen atoms in total. The van der Waals surface area contributed by atoms with E-state index in [4.69, 9.17) is 38.6 Å². The zero-order valence-corrected chi connectivity index (χ0v) is 32.7. The first kappa shape index (κ1) is 43.4.